The molecular formula is C12H21N3O4S2. The molecule has 1 atom stereocenters. The summed E-state index contributed by atoms with van der Waals surface area (Å²) in [7, 11) is -6.89. The molecule has 21 heavy (non-hydrogen) atoms. The molecule has 0 amide bonds. The van der Waals surface area contributed by atoms with E-state index in [0.29, 0.717) is 18.7 Å². The predicted molar refractivity (Wildman–Crippen MR) is 79.1 cm³/mol. The third-order valence-electron chi connectivity index (χ3n) is 3.74. The van der Waals surface area contributed by atoms with Crippen molar-refractivity contribution in [3.63, 3.8) is 0 Å². The fraction of sp³-hybridized carbons (Fsp3) is 0.750. The highest BCUT2D eigenvalue weighted by atomic mass is 32.2. The number of piperidine rings is 1. The van der Waals surface area contributed by atoms with Crippen LogP contribution < -0.4 is 0 Å². The van der Waals surface area contributed by atoms with Gasteiger partial charge in [0.2, 0.25) is 10.0 Å². The molecule has 7 nitrogen and oxygen atoms in total. The Kier molecular flexibility index (Phi) is 4.46. The minimum Gasteiger partial charge on any atom is -0.280 e. The van der Waals surface area contributed by atoms with E-state index in [0.717, 1.165) is 19.1 Å². The first-order valence-corrected chi connectivity index (χ1v) is 10.3. The highest BCUT2D eigenvalue weighted by Crippen LogP contribution is 2.35. The number of aromatic nitrogens is 2. The molecule has 2 heterocycles. The Hall–Kier alpha value is -0.930. The number of H-pyrrole nitrogens is 1. The van der Waals surface area contributed by atoms with Gasteiger partial charge in [0.1, 0.15) is 4.90 Å². The van der Waals surface area contributed by atoms with Gasteiger partial charge in [-0.1, -0.05) is 6.42 Å². The lowest BCUT2D eigenvalue weighted by molar-refractivity contribution is 0.246. The molecule has 1 unspecified atom stereocenters. The van der Waals surface area contributed by atoms with Crippen molar-refractivity contribution in [3.05, 3.63) is 11.9 Å². The summed E-state index contributed by atoms with van der Waals surface area (Å²) in [5, 5.41) is 5.95. The summed E-state index contributed by atoms with van der Waals surface area (Å²) in [5.41, 5.74) is 0.376. The van der Waals surface area contributed by atoms with E-state index in [1.807, 2.05) is 0 Å². The largest absolute Gasteiger partial charge is 0.280 e. The number of hydrogen-bond acceptors (Lipinski definition) is 5. The summed E-state index contributed by atoms with van der Waals surface area (Å²) in [4.78, 5) is 0.0818. The van der Waals surface area contributed by atoms with Crippen molar-refractivity contribution in [2.75, 3.05) is 12.8 Å². The number of hydrogen-bond donors (Lipinski definition) is 1. The Balaban J connectivity index is 2.49. The molecule has 1 N–H and O–H groups in total. The third kappa shape index (κ3) is 3.14. The van der Waals surface area contributed by atoms with Crippen LogP contribution in [0.25, 0.3) is 0 Å². The first kappa shape index (κ1) is 16.4. The number of nitrogens with one attached hydrogen (secondary N) is 1. The van der Waals surface area contributed by atoms with Crippen molar-refractivity contribution >= 4 is 19.9 Å². The van der Waals surface area contributed by atoms with Crippen LogP contribution in [0.15, 0.2) is 11.1 Å². The average Bonchev–Trinajstić information content (AvgIpc) is 2.87. The van der Waals surface area contributed by atoms with Crippen molar-refractivity contribution in [1.29, 1.82) is 0 Å². The van der Waals surface area contributed by atoms with Gasteiger partial charge >= 0.3 is 0 Å². The normalized spacial score (nSPS) is 21.8. The lowest BCUT2D eigenvalue weighted by Gasteiger charge is -2.35. The van der Waals surface area contributed by atoms with Gasteiger partial charge in [-0.25, -0.2) is 16.8 Å². The second-order valence-electron chi connectivity index (χ2n) is 5.64. The highest BCUT2D eigenvalue weighted by molar-refractivity contribution is 7.90. The fourth-order valence-corrected chi connectivity index (χ4v) is 4.90. The van der Waals surface area contributed by atoms with E-state index in [9.17, 15) is 16.8 Å². The summed E-state index contributed by atoms with van der Waals surface area (Å²) >= 11 is 0. The van der Waals surface area contributed by atoms with E-state index in [1.54, 1.807) is 13.8 Å². The van der Waals surface area contributed by atoms with E-state index in [1.165, 1.54) is 10.5 Å². The predicted octanol–water partition coefficient (Wildman–Crippen LogP) is 1.08. The van der Waals surface area contributed by atoms with Crippen LogP contribution in [-0.4, -0.2) is 49.4 Å². The van der Waals surface area contributed by atoms with Gasteiger partial charge in [-0.05, 0) is 26.7 Å². The van der Waals surface area contributed by atoms with Crippen molar-refractivity contribution in [3.8, 4) is 0 Å². The standard InChI is InChI=1S/C12H21N3O4S2/c1-9(2)21(18,19)15-7-5-4-6-10(15)12-11(8-13-14-12)20(3,16)17/h8-10H,4-7H2,1-3H3,(H,13,14). The topological polar surface area (TPSA) is 100 Å². The SMILES string of the molecule is CC(C)S(=O)(=O)N1CCCCC1c1[nH]ncc1S(C)(=O)=O. The third-order valence-corrected chi connectivity index (χ3v) is 7.15. The van der Waals surface area contributed by atoms with Crippen LogP contribution in [0.4, 0.5) is 0 Å². The van der Waals surface area contributed by atoms with Gasteiger partial charge in [0.05, 0.1) is 23.2 Å². The maximum Gasteiger partial charge on any atom is 0.217 e. The minimum absolute atomic E-state index is 0.0818. The van der Waals surface area contributed by atoms with Crippen LogP contribution in [0, 0.1) is 0 Å². The van der Waals surface area contributed by atoms with Gasteiger partial charge in [0.25, 0.3) is 0 Å². The highest BCUT2D eigenvalue weighted by Gasteiger charge is 2.37. The lowest BCUT2D eigenvalue weighted by atomic mass is 10.0. The lowest BCUT2D eigenvalue weighted by Crippen LogP contribution is -2.42. The summed E-state index contributed by atoms with van der Waals surface area (Å²) in [5.74, 6) is 0. The minimum atomic E-state index is -3.45. The van der Waals surface area contributed by atoms with Crippen molar-refractivity contribution in [2.24, 2.45) is 0 Å². The van der Waals surface area contributed by atoms with Crippen LogP contribution in [0.3, 0.4) is 0 Å². The number of sulfonamides is 1. The Bertz CT molecular complexity index is 707. The first-order valence-electron chi connectivity index (χ1n) is 6.89. The summed E-state index contributed by atoms with van der Waals surface area (Å²) < 4.78 is 50.0. The van der Waals surface area contributed by atoms with Crippen molar-refractivity contribution in [2.45, 2.75) is 49.3 Å². The van der Waals surface area contributed by atoms with Crippen LogP contribution in [-0.2, 0) is 19.9 Å². The molecule has 0 saturated carbocycles. The van der Waals surface area contributed by atoms with Crippen LogP contribution >= 0.6 is 0 Å². The number of sulfone groups is 1. The quantitative estimate of drug-likeness (QED) is 0.887. The molecule has 1 aromatic rings. The van der Waals surface area contributed by atoms with Gasteiger partial charge in [-0.15, -0.1) is 0 Å². The number of rotatable bonds is 4. The van der Waals surface area contributed by atoms with Gasteiger partial charge in [0.15, 0.2) is 9.84 Å². The van der Waals surface area contributed by atoms with Gasteiger partial charge in [0, 0.05) is 12.8 Å². The molecule has 1 aliphatic rings. The average molecular weight is 335 g/mol. The molecule has 1 saturated heterocycles. The van der Waals surface area contributed by atoms with Crippen LogP contribution in [0.5, 0.6) is 0 Å². The Morgan fingerprint density at radius 2 is 1.95 bits per heavy atom. The molecule has 0 radical (unpaired) electrons. The molecular weight excluding hydrogens is 314 g/mol. The number of nitrogens with zero attached hydrogens (tertiary/aromatic N) is 2. The van der Waals surface area contributed by atoms with E-state index in [4.69, 9.17) is 0 Å². The van der Waals surface area contributed by atoms with Gasteiger partial charge in [-0.2, -0.15) is 9.40 Å². The molecule has 0 spiro atoms. The molecule has 1 aliphatic heterocycles. The Labute approximate surface area is 125 Å². The smallest absolute Gasteiger partial charge is 0.217 e. The molecule has 9 heteroatoms. The van der Waals surface area contributed by atoms with E-state index < -0.39 is 31.2 Å². The zero-order valence-electron chi connectivity index (χ0n) is 12.4. The first-order chi connectivity index (χ1) is 9.65. The molecule has 0 aliphatic carbocycles. The molecule has 0 bridgehead atoms. The second kappa shape index (κ2) is 5.69. The maximum absolute atomic E-state index is 12.5. The van der Waals surface area contributed by atoms with E-state index >= 15 is 0 Å². The Morgan fingerprint density at radius 1 is 1.29 bits per heavy atom. The summed E-state index contributed by atoms with van der Waals surface area (Å²) in [6.45, 7) is 3.67. The zero-order chi connectivity index (χ0) is 15.8. The summed E-state index contributed by atoms with van der Waals surface area (Å²) in [6.07, 6.45) is 4.59. The fourth-order valence-electron chi connectivity index (χ4n) is 2.59. The van der Waals surface area contributed by atoms with E-state index in [2.05, 4.69) is 10.2 Å². The molecule has 1 fully saturated rings. The van der Waals surface area contributed by atoms with Crippen molar-refractivity contribution < 1.29 is 16.8 Å². The van der Waals surface area contributed by atoms with Gasteiger partial charge in [-0.3, -0.25) is 5.10 Å². The zero-order valence-corrected chi connectivity index (χ0v) is 14.0. The number of aromatic amines is 1. The van der Waals surface area contributed by atoms with Crippen molar-refractivity contribution in [1.82, 2.24) is 14.5 Å². The molecule has 120 valence electrons. The monoisotopic (exact) mass is 335 g/mol. The summed E-state index contributed by atoms with van der Waals surface area (Å²) in [6, 6.07) is -0.488. The molecule has 1 aromatic heterocycles. The Morgan fingerprint density at radius 3 is 2.52 bits per heavy atom. The van der Waals surface area contributed by atoms with Gasteiger partial charge < -0.3 is 0 Å². The maximum atomic E-state index is 12.5. The van der Waals surface area contributed by atoms with Crippen LogP contribution in [0.2, 0.25) is 0 Å². The van der Waals surface area contributed by atoms with E-state index in [-0.39, 0.29) is 4.90 Å². The molecule has 0 aromatic carbocycles. The second-order valence-corrected chi connectivity index (χ2v) is 10.1. The molecule has 2 rings (SSSR count). The van der Waals surface area contributed by atoms with Crippen LogP contribution in [0.1, 0.15) is 44.8 Å².